The molecular formula is C14H18FNO3. The van der Waals surface area contributed by atoms with Crippen molar-refractivity contribution in [3.63, 3.8) is 0 Å². The molecule has 104 valence electrons. The van der Waals surface area contributed by atoms with Crippen molar-refractivity contribution in [1.29, 1.82) is 0 Å². The number of rotatable bonds is 5. The van der Waals surface area contributed by atoms with E-state index in [9.17, 15) is 9.18 Å². The summed E-state index contributed by atoms with van der Waals surface area (Å²) in [7, 11) is 0. The van der Waals surface area contributed by atoms with Gasteiger partial charge in [-0.25, -0.2) is 9.45 Å². The highest BCUT2D eigenvalue weighted by atomic mass is 19.1. The molecule has 1 amide bonds. The minimum atomic E-state index is -0.381. The second kappa shape index (κ2) is 7.09. The van der Waals surface area contributed by atoms with Gasteiger partial charge in [-0.05, 0) is 31.4 Å². The number of hydrogen-bond donors (Lipinski definition) is 0. The van der Waals surface area contributed by atoms with Crippen LogP contribution < -0.4 is 4.74 Å². The largest absolute Gasteiger partial charge is 0.491 e. The predicted molar refractivity (Wildman–Crippen MR) is 68.0 cm³/mol. The zero-order chi connectivity index (χ0) is 13.5. The van der Waals surface area contributed by atoms with Crippen LogP contribution in [0, 0.1) is 5.82 Å². The van der Waals surface area contributed by atoms with Gasteiger partial charge < -0.3 is 4.74 Å². The van der Waals surface area contributed by atoms with Crippen LogP contribution in [-0.4, -0.2) is 30.7 Å². The summed E-state index contributed by atoms with van der Waals surface area (Å²) in [6.07, 6.45) is 2.89. The van der Waals surface area contributed by atoms with Gasteiger partial charge in [-0.15, -0.1) is 0 Å². The number of carbonyl (C=O) groups is 1. The van der Waals surface area contributed by atoms with E-state index in [2.05, 4.69) is 0 Å². The minimum Gasteiger partial charge on any atom is -0.491 e. The quantitative estimate of drug-likeness (QED) is 0.769. The van der Waals surface area contributed by atoms with Crippen LogP contribution in [0.1, 0.15) is 25.7 Å². The maximum atomic E-state index is 13.2. The zero-order valence-electron chi connectivity index (χ0n) is 10.8. The van der Waals surface area contributed by atoms with Crippen molar-refractivity contribution in [2.24, 2.45) is 0 Å². The summed E-state index contributed by atoms with van der Waals surface area (Å²) >= 11 is 0. The number of benzene rings is 1. The average molecular weight is 267 g/mol. The molecule has 0 spiro atoms. The minimum absolute atomic E-state index is 0.0307. The van der Waals surface area contributed by atoms with Crippen molar-refractivity contribution in [2.45, 2.75) is 25.7 Å². The highest BCUT2D eigenvalue weighted by Gasteiger charge is 2.17. The Morgan fingerprint density at radius 2 is 2.21 bits per heavy atom. The second-order valence-corrected chi connectivity index (χ2v) is 4.42. The first-order valence-corrected chi connectivity index (χ1v) is 6.58. The van der Waals surface area contributed by atoms with Crippen LogP contribution in [0.4, 0.5) is 4.39 Å². The van der Waals surface area contributed by atoms with E-state index in [1.54, 1.807) is 18.2 Å². The molecule has 2 rings (SSSR count). The molecule has 1 aromatic carbocycles. The Balaban J connectivity index is 1.66. The monoisotopic (exact) mass is 267 g/mol. The summed E-state index contributed by atoms with van der Waals surface area (Å²) < 4.78 is 18.5. The molecule has 0 saturated carbocycles. The van der Waals surface area contributed by atoms with E-state index in [1.165, 1.54) is 11.1 Å². The summed E-state index contributed by atoms with van der Waals surface area (Å²) in [5, 5.41) is 1.42. The lowest BCUT2D eigenvalue weighted by Crippen LogP contribution is -2.35. The highest BCUT2D eigenvalue weighted by Crippen LogP contribution is 2.16. The van der Waals surface area contributed by atoms with Gasteiger partial charge in [0.15, 0.2) is 11.6 Å². The molecule has 4 nitrogen and oxygen atoms in total. The van der Waals surface area contributed by atoms with Gasteiger partial charge in [0, 0.05) is 13.0 Å². The number of amides is 1. The topological polar surface area (TPSA) is 38.8 Å². The van der Waals surface area contributed by atoms with Crippen LogP contribution in [0.2, 0.25) is 0 Å². The standard InChI is InChI=1S/C14H18FNO3/c15-12-6-1-2-7-13(12)18-10-5-8-14(17)16-9-3-4-11-19-16/h1-2,6-7H,3-5,8-11H2. The first-order valence-electron chi connectivity index (χ1n) is 6.58. The lowest BCUT2D eigenvalue weighted by molar-refractivity contribution is -0.197. The summed E-state index contributed by atoms with van der Waals surface area (Å²) in [6.45, 7) is 1.59. The molecule has 0 bridgehead atoms. The highest BCUT2D eigenvalue weighted by molar-refractivity contribution is 5.75. The van der Waals surface area contributed by atoms with Crippen LogP contribution in [0.3, 0.4) is 0 Å². The summed E-state index contributed by atoms with van der Waals surface area (Å²) in [4.78, 5) is 17.0. The van der Waals surface area contributed by atoms with E-state index in [-0.39, 0.29) is 17.5 Å². The number of halogens is 1. The summed E-state index contributed by atoms with van der Waals surface area (Å²) in [6, 6.07) is 6.25. The van der Waals surface area contributed by atoms with E-state index < -0.39 is 0 Å². The Morgan fingerprint density at radius 1 is 1.37 bits per heavy atom. The molecule has 1 fully saturated rings. The van der Waals surface area contributed by atoms with Crippen molar-refractivity contribution in [1.82, 2.24) is 5.06 Å². The third-order valence-corrected chi connectivity index (χ3v) is 2.91. The first kappa shape index (κ1) is 13.8. The normalized spacial score (nSPS) is 15.3. The van der Waals surface area contributed by atoms with Crippen LogP contribution in [0.15, 0.2) is 24.3 Å². The molecule has 5 heteroatoms. The third-order valence-electron chi connectivity index (χ3n) is 2.91. The van der Waals surface area contributed by atoms with Crippen LogP contribution in [0.5, 0.6) is 5.75 Å². The molecule has 0 aromatic heterocycles. The van der Waals surface area contributed by atoms with Gasteiger partial charge >= 0.3 is 0 Å². The number of ether oxygens (including phenoxy) is 1. The van der Waals surface area contributed by atoms with E-state index in [0.29, 0.717) is 32.6 Å². The van der Waals surface area contributed by atoms with Crippen molar-refractivity contribution >= 4 is 5.91 Å². The second-order valence-electron chi connectivity index (χ2n) is 4.42. The molecule has 0 N–H and O–H groups in total. The first-order chi connectivity index (χ1) is 9.27. The van der Waals surface area contributed by atoms with Gasteiger partial charge in [0.05, 0.1) is 13.2 Å². The van der Waals surface area contributed by atoms with Gasteiger partial charge in [0.2, 0.25) is 5.91 Å². The van der Waals surface area contributed by atoms with Crippen molar-refractivity contribution in [3.8, 4) is 5.75 Å². The summed E-state index contributed by atoms with van der Waals surface area (Å²) in [5.41, 5.74) is 0. The summed E-state index contributed by atoms with van der Waals surface area (Å²) in [5.74, 6) is -0.186. The van der Waals surface area contributed by atoms with Crippen molar-refractivity contribution in [2.75, 3.05) is 19.8 Å². The molecule has 1 aliphatic heterocycles. The number of hydroxylamine groups is 2. The molecule has 1 saturated heterocycles. The Morgan fingerprint density at radius 3 is 2.95 bits per heavy atom. The van der Waals surface area contributed by atoms with Gasteiger partial charge in [-0.2, -0.15) is 0 Å². The third kappa shape index (κ3) is 4.21. The lowest BCUT2D eigenvalue weighted by atomic mass is 10.2. The zero-order valence-corrected chi connectivity index (χ0v) is 10.8. The Hall–Kier alpha value is -1.62. The van der Waals surface area contributed by atoms with E-state index in [0.717, 1.165) is 12.8 Å². The SMILES string of the molecule is O=C(CCCOc1ccccc1F)N1CCCCO1. The molecule has 0 radical (unpaired) electrons. The van der Waals surface area contributed by atoms with Crippen LogP contribution in [-0.2, 0) is 9.63 Å². The predicted octanol–water partition coefficient (Wildman–Crippen LogP) is 2.54. The van der Waals surface area contributed by atoms with Gasteiger partial charge in [0.1, 0.15) is 0 Å². The molecule has 1 aliphatic rings. The van der Waals surface area contributed by atoms with E-state index in [1.807, 2.05) is 0 Å². The smallest absolute Gasteiger partial charge is 0.246 e. The van der Waals surface area contributed by atoms with Gasteiger partial charge in [-0.3, -0.25) is 9.63 Å². The Bertz CT molecular complexity index is 419. The molecular weight excluding hydrogens is 249 g/mol. The number of carbonyl (C=O) groups excluding carboxylic acids is 1. The van der Waals surface area contributed by atoms with Crippen LogP contribution in [0.25, 0.3) is 0 Å². The van der Waals surface area contributed by atoms with Gasteiger partial charge in [0.25, 0.3) is 0 Å². The number of nitrogens with zero attached hydrogens (tertiary/aromatic N) is 1. The average Bonchev–Trinajstić information content (AvgIpc) is 2.46. The maximum Gasteiger partial charge on any atom is 0.246 e. The fourth-order valence-corrected chi connectivity index (χ4v) is 1.89. The molecule has 1 aromatic rings. The van der Waals surface area contributed by atoms with E-state index >= 15 is 0 Å². The number of hydrogen-bond acceptors (Lipinski definition) is 3. The Kier molecular flexibility index (Phi) is 5.15. The van der Waals surface area contributed by atoms with E-state index in [4.69, 9.17) is 9.57 Å². The fourth-order valence-electron chi connectivity index (χ4n) is 1.89. The number of para-hydroxylation sites is 1. The molecule has 1 heterocycles. The maximum absolute atomic E-state index is 13.2. The van der Waals surface area contributed by atoms with Crippen molar-refractivity contribution in [3.05, 3.63) is 30.1 Å². The van der Waals surface area contributed by atoms with Gasteiger partial charge in [-0.1, -0.05) is 12.1 Å². The molecule has 0 unspecified atom stereocenters. The van der Waals surface area contributed by atoms with Crippen molar-refractivity contribution < 1.29 is 18.8 Å². The molecule has 0 atom stereocenters. The molecule has 19 heavy (non-hydrogen) atoms. The molecule has 0 aliphatic carbocycles. The Labute approximate surface area is 112 Å². The van der Waals surface area contributed by atoms with Crippen LogP contribution >= 0.6 is 0 Å². The fraction of sp³-hybridized carbons (Fsp3) is 0.500. The lowest BCUT2D eigenvalue weighted by Gasteiger charge is -2.25.